The molecule has 21 heavy (non-hydrogen) atoms. The van der Waals surface area contributed by atoms with Crippen LogP contribution in [0.15, 0.2) is 24.3 Å². The van der Waals surface area contributed by atoms with Gasteiger partial charge in [0.1, 0.15) is 5.75 Å². The molecule has 1 aromatic rings. The Balaban J connectivity index is 2.09. The van der Waals surface area contributed by atoms with E-state index in [4.69, 9.17) is 4.74 Å². The molecule has 1 aromatic carbocycles. The number of rotatable bonds is 6. The maximum atomic E-state index is 12.1. The van der Waals surface area contributed by atoms with E-state index in [0.29, 0.717) is 18.7 Å². The predicted molar refractivity (Wildman–Crippen MR) is 81.0 cm³/mol. The second kappa shape index (κ2) is 6.44. The third kappa shape index (κ3) is 3.95. The molecule has 1 amide bonds. The highest BCUT2D eigenvalue weighted by Crippen LogP contribution is 2.25. The highest BCUT2D eigenvalue weighted by atomic mass is 32.2. The van der Waals surface area contributed by atoms with E-state index in [9.17, 15) is 13.2 Å². The summed E-state index contributed by atoms with van der Waals surface area (Å²) >= 11 is 0. The third-order valence-electron chi connectivity index (χ3n) is 3.31. The molecule has 1 fully saturated rings. The number of methoxy groups -OCH3 is 1. The predicted octanol–water partition coefficient (Wildman–Crippen LogP) is 1.13. The Morgan fingerprint density at radius 2 is 2.19 bits per heavy atom. The summed E-state index contributed by atoms with van der Waals surface area (Å²) in [6.07, 6.45) is 0.732. The molecule has 0 saturated carbocycles. The van der Waals surface area contributed by atoms with Crippen LogP contribution in [-0.2, 0) is 14.8 Å². The Kier molecular flexibility index (Phi) is 4.84. The molecule has 2 rings (SSSR count). The van der Waals surface area contributed by atoms with E-state index >= 15 is 0 Å². The summed E-state index contributed by atoms with van der Waals surface area (Å²) in [4.78, 5) is 13.7. The summed E-state index contributed by atoms with van der Waals surface area (Å²) in [5, 5.41) is 0. The fourth-order valence-electron chi connectivity index (χ4n) is 2.40. The van der Waals surface area contributed by atoms with Crippen molar-refractivity contribution in [2.75, 3.05) is 24.3 Å². The van der Waals surface area contributed by atoms with E-state index in [-0.39, 0.29) is 24.1 Å². The second-order valence-electron chi connectivity index (χ2n) is 5.04. The Morgan fingerprint density at radius 3 is 2.86 bits per heavy atom. The van der Waals surface area contributed by atoms with Gasteiger partial charge in [-0.15, -0.1) is 0 Å². The van der Waals surface area contributed by atoms with Gasteiger partial charge in [0.2, 0.25) is 15.9 Å². The molecule has 1 heterocycles. The average Bonchev–Trinajstić information content (AvgIpc) is 2.78. The molecule has 116 valence electrons. The first-order valence-electron chi connectivity index (χ1n) is 6.89. The summed E-state index contributed by atoms with van der Waals surface area (Å²) in [6.45, 7) is 2.15. The summed E-state index contributed by atoms with van der Waals surface area (Å²) < 4.78 is 31.3. The van der Waals surface area contributed by atoms with Gasteiger partial charge in [0.25, 0.3) is 0 Å². The van der Waals surface area contributed by atoms with E-state index < -0.39 is 10.0 Å². The quantitative estimate of drug-likeness (QED) is 0.854. The lowest BCUT2D eigenvalue weighted by molar-refractivity contribution is -0.117. The molecule has 1 saturated heterocycles. The van der Waals surface area contributed by atoms with Gasteiger partial charge < -0.3 is 9.64 Å². The average molecular weight is 312 g/mol. The van der Waals surface area contributed by atoms with E-state index in [0.717, 1.165) is 5.69 Å². The maximum Gasteiger partial charge on any atom is 0.228 e. The lowest BCUT2D eigenvalue weighted by Gasteiger charge is -2.18. The number of carbonyl (C=O) groups excluding carboxylic acids is 1. The van der Waals surface area contributed by atoms with Gasteiger partial charge >= 0.3 is 0 Å². The number of sulfonamides is 1. The molecule has 1 atom stereocenters. The number of ether oxygens (including phenoxy) is 1. The van der Waals surface area contributed by atoms with Gasteiger partial charge in [-0.1, -0.05) is 13.0 Å². The molecule has 0 aliphatic carbocycles. The van der Waals surface area contributed by atoms with Gasteiger partial charge in [-0.3, -0.25) is 4.79 Å². The van der Waals surface area contributed by atoms with Crippen LogP contribution in [0.5, 0.6) is 5.75 Å². The Morgan fingerprint density at radius 1 is 1.43 bits per heavy atom. The summed E-state index contributed by atoms with van der Waals surface area (Å²) in [5.74, 6) is 0.652. The lowest BCUT2D eigenvalue weighted by atomic mass is 10.3. The number of nitrogens with one attached hydrogen (secondary N) is 1. The number of hydrogen-bond donors (Lipinski definition) is 1. The van der Waals surface area contributed by atoms with Crippen molar-refractivity contribution in [3.8, 4) is 5.75 Å². The minimum atomic E-state index is -3.31. The van der Waals surface area contributed by atoms with Crippen molar-refractivity contribution in [2.24, 2.45) is 0 Å². The van der Waals surface area contributed by atoms with Crippen molar-refractivity contribution in [3.05, 3.63) is 24.3 Å². The van der Waals surface area contributed by atoms with Crippen molar-refractivity contribution in [3.63, 3.8) is 0 Å². The summed E-state index contributed by atoms with van der Waals surface area (Å²) in [7, 11) is -1.75. The van der Waals surface area contributed by atoms with Crippen LogP contribution in [-0.4, -0.2) is 39.8 Å². The van der Waals surface area contributed by atoms with Crippen molar-refractivity contribution in [1.29, 1.82) is 0 Å². The zero-order valence-corrected chi connectivity index (χ0v) is 13.0. The number of benzene rings is 1. The summed E-state index contributed by atoms with van der Waals surface area (Å²) in [5.41, 5.74) is 0.719. The van der Waals surface area contributed by atoms with Gasteiger partial charge in [0.15, 0.2) is 0 Å². The first-order chi connectivity index (χ1) is 9.95. The Hall–Kier alpha value is -1.60. The first kappa shape index (κ1) is 15.8. The molecule has 1 aliphatic rings. The van der Waals surface area contributed by atoms with E-state index in [2.05, 4.69) is 4.72 Å². The van der Waals surface area contributed by atoms with Crippen molar-refractivity contribution in [2.45, 2.75) is 25.8 Å². The molecule has 0 bridgehead atoms. The standard InChI is InChI=1S/C14H20N2O4S/c1-3-7-21(18,19)15-11-8-14(17)16(10-11)12-5-4-6-13(9-12)20-2/h4-6,9,11,15H,3,7-8,10H2,1-2H3. The number of anilines is 1. The van der Waals surface area contributed by atoms with E-state index in [1.165, 1.54) is 0 Å². The fraction of sp³-hybridized carbons (Fsp3) is 0.500. The van der Waals surface area contributed by atoms with Gasteiger partial charge in [-0.05, 0) is 18.6 Å². The smallest absolute Gasteiger partial charge is 0.228 e. The van der Waals surface area contributed by atoms with Crippen LogP contribution in [0.25, 0.3) is 0 Å². The van der Waals surface area contributed by atoms with Crippen LogP contribution in [0.3, 0.4) is 0 Å². The van der Waals surface area contributed by atoms with Crippen molar-refractivity contribution < 1.29 is 17.9 Å². The van der Waals surface area contributed by atoms with Gasteiger partial charge in [0.05, 0.1) is 12.9 Å². The normalized spacial score (nSPS) is 19.0. The molecule has 1 N–H and O–H groups in total. The topological polar surface area (TPSA) is 75.7 Å². The third-order valence-corrected chi connectivity index (χ3v) is 4.95. The van der Waals surface area contributed by atoms with Crippen LogP contribution in [0.1, 0.15) is 19.8 Å². The molecule has 1 unspecified atom stereocenters. The van der Waals surface area contributed by atoms with Crippen LogP contribution in [0.4, 0.5) is 5.69 Å². The molecule has 6 nitrogen and oxygen atoms in total. The highest BCUT2D eigenvalue weighted by Gasteiger charge is 2.33. The first-order valence-corrected chi connectivity index (χ1v) is 8.55. The lowest BCUT2D eigenvalue weighted by Crippen LogP contribution is -2.38. The largest absolute Gasteiger partial charge is 0.497 e. The van der Waals surface area contributed by atoms with E-state index in [1.54, 1.807) is 30.2 Å². The SMILES string of the molecule is CCCS(=O)(=O)NC1CC(=O)N(c2cccc(OC)c2)C1. The van der Waals surface area contributed by atoms with Crippen LogP contribution < -0.4 is 14.4 Å². The molecule has 0 radical (unpaired) electrons. The molecule has 7 heteroatoms. The zero-order valence-electron chi connectivity index (χ0n) is 12.2. The van der Waals surface area contributed by atoms with Crippen molar-refractivity contribution in [1.82, 2.24) is 4.72 Å². The molecule has 0 aromatic heterocycles. The fourth-order valence-corrected chi connectivity index (χ4v) is 3.72. The summed E-state index contributed by atoms with van der Waals surface area (Å²) in [6, 6.07) is 6.80. The minimum absolute atomic E-state index is 0.0802. The molecular formula is C14H20N2O4S. The van der Waals surface area contributed by atoms with Crippen LogP contribution in [0.2, 0.25) is 0 Å². The van der Waals surface area contributed by atoms with Crippen molar-refractivity contribution >= 4 is 21.6 Å². The van der Waals surface area contributed by atoms with Crippen LogP contribution in [0, 0.1) is 0 Å². The molecule has 1 aliphatic heterocycles. The Bertz CT molecular complexity index is 615. The zero-order chi connectivity index (χ0) is 15.5. The van der Waals surface area contributed by atoms with Gasteiger partial charge in [-0.2, -0.15) is 0 Å². The monoisotopic (exact) mass is 312 g/mol. The number of amides is 1. The Labute approximate surface area is 125 Å². The number of carbonyl (C=O) groups is 1. The highest BCUT2D eigenvalue weighted by molar-refractivity contribution is 7.89. The maximum absolute atomic E-state index is 12.1. The molecular weight excluding hydrogens is 292 g/mol. The van der Waals surface area contributed by atoms with Gasteiger partial charge in [-0.25, -0.2) is 13.1 Å². The van der Waals surface area contributed by atoms with E-state index in [1.807, 2.05) is 13.0 Å². The van der Waals surface area contributed by atoms with Crippen LogP contribution >= 0.6 is 0 Å². The van der Waals surface area contributed by atoms with Gasteiger partial charge in [0, 0.05) is 30.8 Å². The minimum Gasteiger partial charge on any atom is -0.497 e. The second-order valence-corrected chi connectivity index (χ2v) is 6.92. The molecule has 0 spiro atoms. The number of hydrogen-bond acceptors (Lipinski definition) is 4. The number of nitrogens with zero attached hydrogens (tertiary/aromatic N) is 1.